The predicted octanol–water partition coefficient (Wildman–Crippen LogP) is 5.02. The highest BCUT2D eigenvalue weighted by atomic mass is 79.9. The molecule has 1 aromatic rings. The van der Waals surface area contributed by atoms with E-state index in [-0.39, 0.29) is 9.74 Å². The molecule has 0 radical (unpaired) electrons. The molecule has 28 heavy (non-hydrogen) atoms. The SMILES string of the molecule is O=C(NCc1ccc(CN2CCCCC2)cc1)C12CC3CC(CC(Br)(C3)C1)C2. The number of likely N-dealkylation sites (tertiary alicyclic amines) is 1. The zero-order valence-electron chi connectivity index (χ0n) is 16.9. The molecular weight excluding hydrogens is 412 g/mol. The third kappa shape index (κ3) is 3.79. The quantitative estimate of drug-likeness (QED) is 0.646. The van der Waals surface area contributed by atoms with E-state index in [2.05, 4.69) is 50.4 Å². The van der Waals surface area contributed by atoms with E-state index in [4.69, 9.17) is 0 Å². The third-order valence-electron chi connectivity index (χ3n) is 7.80. The second kappa shape index (κ2) is 7.43. The summed E-state index contributed by atoms with van der Waals surface area (Å²) in [6.45, 7) is 4.19. The number of carbonyl (C=O) groups is 1. The van der Waals surface area contributed by atoms with E-state index in [9.17, 15) is 4.79 Å². The number of alkyl halides is 1. The Morgan fingerprint density at radius 3 is 2.29 bits per heavy atom. The summed E-state index contributed by atoms with van der Waals surface area (Å²) in [7, 11) is 0. The van der Waals surface area contributed by atoms with Gasteiger partial charge in [0.15, 0.2) is 0 Å². The Morgan fingerprint density at radius 2 is 1.64 bits per heavy atom. The van der Waals surface area contributed by atoms with E-state index < -0.39 is 0 Å². The maximum absolute atomic E-state index is 13.2. The summed E-state index contributed by atoms with van der Waals surface area (Å²) in [6, 6.07) is 8.89. The molecule has 152 valence electrons. The van der Waals surface area contributed by atoms with Gasteiger partial charge in [0, 0.05) is 17.4 Å². The molecule has 2 atom stereocenters. The Hall–Kier alpha value is -0.870. The lowest BCUT2D eigenvalue weighted by Crippen LogP contribution is -2.58. The van der Waals surface area contributed by atoms with Crippen LogP contribution in [0.3, 0.4) is 0 Å². The van der Waals surface area contributed by atoms with Crippen LogP contribution >= 0.6 is 15.9 Å². The van der Waals surface area contributed by atoms with Crippen LogP contribution in [-0.4, -0.2) is 28.2 Å². The van der Waals surface area contributed by atoms with Crippen LogP contribution in [0.5, 0.6) is 0 Å². The average Bonchev–Trinajstić information content (AvgIpc) is 2.66. The molecule has 1 aromatic carbocycles. The largest absolute Gasteiger partial charge is 0.352 e. The topological polar surface area (TPSA) is 32.3 Å². The van der Waals surface area contributed by atoms with Crippen LogP contribution in [0.2, 0.25) is 0 Å². The zero-order chi connectivity index (χ0) is 19.2. The van der Waals surface area contributed by atoms with Gasteiger partial charge < -0.3 is 5.32 Å². The van der Waals surface area contributed by atoms with E-state index in [1.54, 1.807) is 0 Å². The van der Waals surface area contributed by atoms with Crippen molar-refractivity contribution in [2.75, 3.05) is 13.1 Å². The number of carbonyl (C=O) groups excluding carboxylic acids is 1. The Kier molecular flexibility index (Phi) is 5.07. The van der Waals surface area contributed by atoms with Crippen molar-refractivity contribution in [1.29, 1.82) is 0 Å². The summed E-state index contributed by atoms with van der Waals surface area (Å²) >= 11 is 4.02. The second-order valence-electron chi connectivity index (χ2n) is 10.2. The maximum Gasteiger partial charge on any atom is 0.226 e. The number of nitrogens with one attached hydrogen (secondary N) is 1. The first-order valence-electron chi connectivity index (χ1n) is 11.3. The van der Waals surface area contributed by atoms with Crippen LogP contribution in [0.15, 0.2) is 24.3 Å². The van der Waals surface area contributed by atoms with E-state index in [0.29, 0.717) is 12.5 Å². The predicted molar refractivity (Wildman–Crippen MR) is 116 cm³/mol. The molecule has 5 fully saturated rings. The number of amides is 1. The fourth-order valence-corrected chi connectivity index (χ4v) is 8.38. The molecule has 1 N–H and O–H groups in total. The molecule has 4 heteroatoms. The van der Waals surface area contributed by atoms with E-state index in [1.165, 1.54) is 62.7 Å². The van der Waals surface area contributed by atoms with Crippen molar-refractivity contribution in [2.45, 2.75) is 75.2 Å². The highest BCUT2D eigenvalue weighted by molar-refractivity contribution is 9.10. The van der Waals surface area contributed by atoms with Gasteiger partial charge in [0.05, 0.1) is 5.41 Å². The lowest BCUT2D eigenvalue weighted by atomic mass is 9.49. The summed E-state index contributed by atoms with van der Waals surface area (Å²) in [5, 5.41) is 3.30. The zero-order valence-corrected chi connectivity index (χ0v) is 18.5. The van der Waals surface area contributed by atoms with Gasteiger partial charge in [0.25, 0.3) is 0 Å². The van der Waals surface area contributed by atoms with Gasteiger partial charge in [-0.3, -0.25) is 9.69 Å². The van der Waals surface area contributed by atoms with E-state index >= 15 is 0 Å². The van der Waals surface area contributed by atoms with Crippen LogP contribution in [0.1, 0.15) is 68.9 Å². The Morgan fingerprint density at radius 1 is 1.00 bits per heavy atom. The Labute approximate surface area is 177 Å². The summed E-state index contributed by atoms with van der Waals surface area (Å²) in [5.74, 6) is 1.81. The molecule has 1 saturated heterocycles. The fourth-order valence-electron chi connectivity index (χ4n) is 6.92. The highest BCUT2D eigenvalue weighted by Gasteiger charge is 2.59. The summed E-state index contributed by atoms with van der Waals surface area (Å²) in [5.41, 5.74) is 2.50. The van der Waals surface area contributed by atoms with Gasteiger partial charge in [-0.15, -0.1) is 0 Å². The monoisotopic (exact) mass is 444 g/mol. The molecule has 5 aliphatic rings. The average molecular weight is 445 g/mol. The van der Waals surface area contributed by atoms with Crippen molar-refractivity contribution in [3.63, 3.8) is 0 Å². The lowest BCUT2D eigenvalue weighted by molar-refractivity contribution is -0.144. The molecule has 1 heterocycles. The third-order valence-corrected chi connectivity index (χ3v) is 8.73. The van der Waals surface area contributed by atoms with Crippen LogP contribution in [0.4, 0.5) is 0 Å². The highest BCUT2D eigenvalue weighted by Crippen LogP contribution is 2.64. The van der Waals surface area contributed by atoms with E-state index in [0.717, 1.165) is 37.6 Å². The Balaban J connectivity index is 1.18. The van der Waals surface area contributed by atoms with Crippen molar-refractivity contribution in [3.8, 4) is 0 Å². The molecule has 0 spiro atoms. The second-order valence-corrected chi connectivity index (χ2v) is 11.9. The Bertz CT molecular complexity index is 711. The van der Waals surface area contributed by atoms with Gasteiger partial charge in [-0.25, -0.2) is 0 Å². The number of halogens is 1. The van der Waals surface area contributed by atoms with Crippen molar-refractivity contribution in [2.24, 2.45) is 17.3 Å². The number of benzene rings is 1. The molecule has 0 aromatic heterocycles. The van der Waals surface area contributed by atoms with Crippen molar-refractivity contribution >= 4 is 21.8 Å². The standard InChI is InChI=1S/C24H33BrN2O/c25-24-13-20-10-21(14-24)12-23(11-20,17-24)22(28)26-15-18-4-6-19(7-5-18)16-27-8-2-1-3-9-27/h4-7,20-21H,1-3,8-17H2,(H,26,28). The minimum Gasteiger partial charge on any atom is -0.352 e. The first kappa shape index (κ1) is 19.1. The molecule has 1 aliphatic heterocycles. The van der Waals surface area contributed by atoms with Crippen LogP contribution in [0.25, 0.3) is 0 Å². The van der Waals surface area contributed by atoms with Gasteiger partial charge in [-0.1, -0.05) is 46.6 Å². The smallest absolute Gasteiger partial charge is 0.226 e. The molecule has 4 aliphatic carbocycles. The molecule has 3 nitrogen and oxygen atoms in total. The number of nitrogens with zero attached hydrogens (tertiary/aromatic N) is 1. The van der Waals surface area contributed by atoms with Gasteiger partial charge in [0.2, 0.25) is 5.91 Å². The number of hydrogen-bond donors (Lipinski definition) is 1. The fraction of sp³-hybridized carbons (Fsp3) is 0.708. The van der Waals surface area contributed by atoms with Gasteiger partial charge >= 0.3 is 0 Å². The first-order chi connectivity index (χ1) is 13.5. The molecule has 1 amide bonds. The molecular formula is C24H33BrN2O. The van der Waals surface area contributed by atoms with Crippen molar-refractivity contribution < 1.29 is 4.79 Å². The normalized spacial score (nSPS) is 37.2. The van der Waals surface area contributed by atoms with Gasteiger partial charge in [0.1, 0.15) is 0 Å². The molecule has 4 bridgehead atoms. The van der Waals surface area contributed by atoms with Crippen LogP contribution in [-0.2, 0) is 17.9 Å². The summed E-state index contributed by atoms with van der Waals surface area (Å²) in [4.78, 5) is 15.8. The molecule has 4 saturated carbocycles. The number of hydrogen-bond acceptors (Lipinski definition) is 2. The molecule has 6 rings (SSSR count). The minimum absolute atomic E-state index is 0.109. The summed E-state index contributed by atoms with van der Waals surface area (Å²) in [6.07, 6.45) is 11.2. The van der Waals surface area contributed by atoms with Gasteiger partial charge in [-0.05, 0) is 87.4 Å². The summed E-state index contributed by atoms with van der Waals surface area (Å²) < 4.78 is 0.241. The van der Waals surface area contributed by atoms with Crippen molar-refractivity contribution in [3.05, 3.63) is 35.4 Å². The maximum atomic E-state index is 13.2. The molecule has 2 unspecified atom stereocenters. The first-order valence-corrected chi connectivity index (χ1v) is 12.1. The van der Waals surface area contributed by atoms with E-state index in [1.807, 2.05) is 0 Å². The lowest BCUT2D eigenvalue weighted by Gasteiger charge is -2.59. The number of piperidine rings is 1. The van der Waals surface area contributed by atoms with Crippen molar-refractivity contribution in [1.82, 2.24) is 10.2 Å². The van der Waals surface area contributed by atoms with Crippen LogP contribution in [0, 0.1) is 17.3 Å². The number of rotatable bonds is 5. The van der Waals surface area contributed by atoms with Crippen LogP contribution < -0.4 is 5.32 Å². The van der Waals surface area contributed by atoms with Gasteiger partial charge in [-0.2, -0.15) is 0 Å². The minimum atomic E-state index is -0.109.